The van der Waals surface area contributed by atoms with Crippen molar-refractivity contribution in [2.75, 3.05) is 12.3 Å². The van der Waals surface area contributed by atoms with Crippen LogP contribution in [0, 0.1) is 0 Å². The molecule has 1 unspecified atom stereocenters. The fourth-order valence-corrected chi connectivity index (χ4v) is 3.88. The Morgan fingerprint density at radius 1 is 1.43 bits per heavy atom. The van der Waals surface area contributed by atoms with Gasteiger partial charge in [-0.3, -0.25) is 4.79 Å². The van der Waals surface area contributed by atoms with Gasteiger partial charge in [0.05, 0.1) is 11.9 Å². The minimum Gasteiger partial charge on any atom is -0.388 e. The van der Waals surface area contributed by atoms with E-state index in [-0.39, 0.29) is 5.91 Å². The zero-order chi connectivity index (χ0) is 15.1. The first kappa shape index (κ1) is 16.7. The van der Waals surface area contributed by atoms with Gasteiger partial charge in [-0.25, -0.2) is 0 Å². The Morgan fingerprint density at radius 2 is 2.19 bits per heavy atom. The summed E-state index contributed by atoms with van der Waals surface area (Å²) in [5.41, 5.74) is 0.789. The Morgan fingerprint density at radius 3 is 2.90 bits per heavy atom. The lowest BCUT2D eigenvalue weighted by atomic mass is 10.1. The van der Waals surface area contributed by atoms with Crippen molar-refractivity contribution in [2.45, 2.75) is 43.5 Å². The van der Waals surface area contributed by atoms with Crippen molar-refractivity contribution in [1.82, 2.24) is 5.32 Å². The van der Waals surface area contributed by atoms with Crippen LogP contribution in [0.15, 0.2) is 24.3 Å². The molecule has 5 heteroatoms. The number of aliphatic hydroxyl groups excluding tert-OH is 1. The third-order valence-corrected chi connectivity index (χ3v) is 5.33. The molecule has 1 fully saturated rings. The van der Waals surface area contributed by atoms with E-state index in [2.05, 4.69) is 5.32 Å². The van der Waals surface area contributed by atoms with E-state index in [9.17, 15) is 9.90 Å². The topological polar surface area (TPSA) is 49.3 Å². The van der Waals surface area contributed by atoms with Crippen LogP contribution >= 0.6 is 23.4 Å². The van der Waals surface area contributed by atoms with Gasteiger partial charge in [0, 0.05) is 16.8 Å². The third-order valence-electron chi connectivity index (χ3n) is 3.73. The average Bonchev–Trinajstić information content (AvgIpc) is 2.98. The Hall–Kier alpha value is -0.710. The number of carbonyl (C=O) groups is 1. The number of hydrogen-bond acceptors (Lipinski definition) is 3. The molecule has 1 aromatic carbocycles. The highest BCUT2D eigenvalue weighted by molar-refractivity contribution is 8.00. The quantitative estimate of drug-likeness (QED) is 0.805. The van der Waals surface area contributed by atoms with Crippen molar-refractivity contribution in [3.63, 3.8) is 0 Å². The second-order valence-electron chi connectivity index (χ2n) is 5.43. The highest BCUT2D eigenvalue weighted by Crippen LogP contribution is 2.29. The molecule has 2 N–H and O–H groups in total. The first-order valence-corrected chi connectivity index (χ1v) is 8.89. The fraction of sp³-hybridized carbons (Fsp3) is 0.562. The van der Waals surface area contributed by atoms with Crippen molar-refractivity contribution < 1.29 is 9.90 Å². The number of benzene rings is 1. The lowest BCUT2D eigenvalue weighted by Gasteiger charge is -2.13. The first-order valence-electron chi connectivity index (χ1n) is 7.47. The molecule has 3 nitrogen and oxygen atoms in total. The van der Waals surface area contributed by atoms with Gasteiger partial charge in [0.2, 0.25) is 5.91 Å². The van der Waals surface area contributed by atoms with E-state index in [4.69, 9.17) is 11.6 Å². The second-order valence-corrected chi connectivity index (χ2v) is 7.15. The molecule has 0 aromatic heterocycles. The normalized spacial score (nSPS) is 16.9. The number of carbonyl (C=O) groups excluding carboxylic acids is 1. The first-order chi connectivity index (χ1) is 10.1. The predicted molar refractivity (Wildman–Crippen MR) is 88.8 cm³/mol. The summed E-state index contributed by atoms with van der Waals surface area (Å²) in [6, 6.07) is 7.19. The van der Waals surface area contributed by atoms with Gasteiger partial charge >= 0.3 is 0 Å². The molecule has 1 aliphatic rings. The minimum atomic E-state index is -0.591. The highest BCUT2D eigenvalue weighted by Gasteiger charge is 2.16. The number of thioether (sulfide) groups is 1. The van der Waals surface area contributed by atoms with Crippen molar-refractivity contribution in [1.29, 1.82) is 0 Å². The van der Waals surface area contributed by atoms with Crippen LogP contribution in [0.25, 0.3) is 0 Å². The zero-order valence-corrected chi connectivity index (χ0v) is 13.6. The summed E-state index contributed by atoms with van der Waals surface area (Å²) in [7, 11) is 0. The van der Waals surface area contributed by atoms with Gasteiger partial charge in [-0.2, -0.15) is 0 Å². The molecule has 0 spiro atoms. The summed E-state index contributed by atoms with van der Waals surface area (Å²) < 4.78 is 0. The molecule has 0 bridgehead atoms. The maximum atomic E-state index is 11.7. The van der Waals surface area contributed by atoms with Gasteiger partial charge in [0.15, 0.2) is 0 Å². The average molecular weight is 328 g/mol. The molecule has 0 heterocycles. The molecule has 1 atom stereocenters. The summed E-state index contributed by atoms with van der Waals surface area (Å²) in [6.07, 6.45) is 4.99. The van der Waals surface area contributed by atoms with Crippen LogP contribution in [-0.4, -0.2) is 28.6 Å². The minimum absolute atomic E-state index is 0.0604. The maximum absolute atomic E-state index is 11.7. The molecule has 2 rings (SSSR count). The van der Waals surface area contributed by atoms with Gasteiger partial charge in [-0.1, -0.05) is 36.6 Å². The molecule has 1 aliphatic carbocycles. The molecule has 0 radical (unpaired) electrons. The van der Waals surface area contributed by atoms with E-state index in [1.165, 1.54) is 25.7 Å². The summed E-state index contributed by atoms with van der Waals surface area (Å²) in [5, 5.41) is 14.2. The Bertz CT molecular complexity index is 463. The summed E-state index contributed by atoms with van der Waals surface area (Å²) >= 11 is 7.65. The summed E-state index contributed by atoms with van der Waals surface area (Å²) in [5.74, 6) is 0.586. The maximum Gasteiger partial charge on any atom is 0.230 e. The van der Waals surface area contributed by atoms with Gasteiger partial charge in [0.25, 0.3) is 0 Å². The van der Waals surface area contributed by atoms with E-state index in [1.807, 2.05) is 12.1 Å². The third kappa shape index (κ3) is 5.89. The van der Waals surface area contributed by atoms with E-state index in [1.54, 1.807) is 23.9 Å². The number of aliphatic hydroxyl groups is 1. The number of hydrogen-bond donors (Lipinski definition) is 2. The number of halogens is 1. The molecular formula is C16H22ClNO2S. The van der Waals surface area contributed by atoms with Crippen molar-refractivity contribution in [3.05, 3.63) is 34.9 Å². The van der Waals surface area contributed by atoms with E-state index < -0.39 is 6.10 Å². The molecule has 116 valence electrons. The van der Waals surface area contributed by atoms with Crippen LogP contribution in [-0.2, 0) is 4.79 Å². The van der Waals surface area contributed by atoms with Crippen LogP contribution in [0.4, 0.5) is 0 Å². The zero-order valence-electron chi connectivity index (χ0n) is 12.1. The van der Waals surface area contributed by atoms with Crippen LogP contribution in [0.1, 0.15) is 43.8 Å². The Labute approximate surface area is 135 Å². The number of rotatable bonds is 7. The lowest BCUT2D eigenvalue weighted by molar-refractivity contribution is -0.118. The monoisotopic (exact) mass is 327 g/mol. The fourth-order valence-electron chi connectivity index (χ4n) is 2.53. The number of nitrogens with one attached hydrogen (secondary N) is 1. The van der Waals surface area contributed by atoms with Crippen LogP contribution in [0.2, 0.25) is 5.02 Å². The smallest absolute Gasteiger partial charge is 0.230 e. The summed E-state index contributed by atoms with van der Waals surface area (Å²) in [6.45, 7) is 0.484. The van der Waals surface area contributed by atoms with Crippen molar-refractivity contribution >= 4 is 29.3 Å². The van der Waals surface area contributed by atoms with Crippen LogP contribution in [0.3, 0.4) is 0 Å². The molecule has 1 saturated carbocycles. The second kappa shape index (κ2) is 8.66. The van der Waals surface area contributed by atoms with Crippen LogP contribution < -0.4 is 5.32 Å². The van der Waals surface area contributed by atoms with E-state index >= 15 is 0 Å². The largest absolute Gasteiger partial charge is 0.388 e. The lowest BCUT2D eigenvalue weighted by Crippen LogP contribution is -2.27. The SMILES string of the molecule is O=C(CSC1CCCC1)NCCC(O)c1cccc(Cl)c1. The standard InChI is InChI=1S/C16H22ClNO2S/c17-13-5-3-4-12(10-13)15(19)8-9-18-16(20)11-21-14-6-1-2-7-14/h3-5,10,14-15,19H,1-2,6-9,11H2,(H,18,20). The number of amides is 1. The molecule has 0 aliphatic heterocycles. The molecule has 1 aromatic rings. The molecule has 1 amide bonds. The predicted octanol–water partition coefficient (Wildman–Crippen LogP) is 3.56. The molecule has 21 heavy (non-hydrogen) atoms. The van der Waals surface area contributed by atoms with Gasteiger partial charge in [-0.05, 0) is 37.0 Å². The van der Waals surface area contributed by atoms with Crippen molar-refractivity contribution in [2.24, 2.45) is 0 Å². The highest BCUT2D eigenvalue weighted by atomic mass is 35.5. The molecular weight excluding hydrogens is 306 g/mol. The van der Waals surface area contributed by atoms with Crippen LogP contribution in [0.5, 0.6) is 0 Å². The van der Waals surface area contributed by atoms with E-state index in [0.29, 0.717) is 29.0 Å². The van der Waals surface area contributed by atoms with Gasteiger partial charge < -0.3 is 10.4 Å². The molecule has 0 saturated heterocycles. The van der Waals surface area contributed by atoms with Gasteiger partial charge in [0.1, 0.15) is 0 Å². The summed E-state index contributed by atoms with van der Waals surface area (Å²) in [4.78, 5) is 11.7. The Balaban J connectivity index is 1.62. The Kier molecular flexibility index (Phi) is 6.87. The van der Waals surface area contributed by atoms with E-state index in [0.717, 1.165) is 5.56 Å². The van der Waals surface area contributed by atoms with Gasteiger partial charge in [-0.15, -0.1) is 11.8 Å². The van der Waals surface area contributed by atoms with Crippen molar-refractivity contribution in [3.8, 4) is 0 Å².